The number of hydrogen-bond donors (Lipinski definition) is 0. The van der Waals surface area contributed by atoms with E-state index in [2.05, 4.69) is 6.08 Å². The second kappa shape index (κ2) is 2.29. The topological polar surface area (TPSA) is 0 Å². The van der Waals surface area contributed by atoms with Gasteiger partial charge in [0.05, 0.1) is 0 Å². The average molecular weight is 114 g/mol. The summed E-state index contributed by atoms with van der Waals surface area (Å²) in [7, 11) is 0. The molecule has 1 aliphatic rings. The van der Waals surface area contributed by atoms with E-state index in [0.717, 1.165) is 12.8 Å². The Kier molecular flexibility index (Phi) is 1.66. The molecular weight excluding hydrogens is 103 g/mol. The van der Waals surface area contributed by atoms with Crippen LogP contribution < -0.4 is 0 Å². The summed E-state index contributed by atoms with van der Waals surface area (Å²) in [5, 5.41) is 0. The first kappa shape index (κ1) is 5.80. The Morgan fingerprint density at radius 3 is 2.88 bits per heavy atom. The van der Waals surface area contributed by atoms with Gasteiger partial charge in [0.15, 0.2) is 0 Å². The third-order valence-electron chi connectivity index (χ3n) is 1.52. The smallest absolute Gasteiger partial charge is 0.104 e. The predicted molar refractivity (Wildman–Crippen MR) is 32.5 cm³/mol. The Labute approximate surface area is 49.4 Å². The average Bonchev–Trinajstić information content (AvgIpc) is 1.64. The van der Waals surface area contributed by atoms with E-state index in [1.807, 2.05) is 6.92 Å². The molecule has 1 aliphatic carbocycles. The van der Waals surface area contributed by atoms with Crippen LogP contribution in [-0.4, -0.2) is 6.17 Å². The van der Waals surface area contributed by atoms with Gasteiger partial charge in [-0.3, -0.25) is 0 Å². The Morgan fingerprint density at radius 2 is 2.50 bits per heavy atom. The molecular formula is C7H11F. The highest BCUT2D eigenvalue weighted by molar-refractivity contribution is 5.03. The lowest BCUT2D eigenvalue weighted by Gasteiger charge is -2.11. The number of rotatable bonds is 0. The molecule has 8 heavy (non-hydrogen) atoms. The molecule has 0 radical (unpaired) electrons. The molecule has 0 aromatic carbocycles. The van der Waals surface area contributed by atoms with Crippen molar-refractivity contribution >= 4 is 0 Å². The fourth-order valence-corrected chi connectivity index (χ4v) is 1.05. The van der Waals surface area contributed by atoms with E-state index < -0.39 is 6.17 Å². The molecule has 0 aliphatic heterocycles. The van der Waals surface area contributed by atoms with Crippen LogP contribution in [0.2, 0.25) is 0 Å². The molecule has 0 spiro atoms. The molecule has 0 aromatic heterocycles. The maximum atomic E-state index is 12.4. The molecule has 0 saturated heterocycles. The van der Waals surface area contributed by atoms with Gasteiger partial charge in [-0.1, -0.05) is 11.6 Å². The van der Waals surface area contributed by atoms with Crippen molar-refractivity contribution in [3.63, 3.8) is 0 Å². The molecule has 0 aromatic rings. The van der Waals surface area contributed by atoms with Crippen molar-refractivity contribution in [1.82, 2.24) is 0 Å². The lowest BCUT2D eigenvalue weighted by atomic mass is 10.00. The second-order valence-corrected chi connectivity index (χ2v) is 2.43. The standard InChI is InChI=1S/C7H11F/c1-6-3-2-4-7(8)5-6/h3,7H,2,4-5H2,1H3. The van der Waals surface area contributed by atoms with Crippen LogP contribution in [-0.2, 0) is 0 Å². The van der Waals surface area contributed by atoms with Gasteiger partial charge >= 0.3 is 0 Å². The van der Waals surface area contributed by atoms with Crippen LogP contribution in [0.3, 0.4) is 0 Å². The van der Waals surface area contributed by atoms with Gasteiger partial charge in [0.25, 0.3) is 0 Å². The van der Waals surface area contributed by atoms with Crippen LogP contribution in [0, 0.1) is 0 Å². The van der Waals surface area contributed by atoms with Gasteiger partial charge in [-0.05, 0) is 26.2 Å². The van der Waals surface area contributed by atoms with Gasteiger partial charge in [-0.2, -0.15) is 0 Å². The molecule has 0 heterocycles. The second-order valence-electron chi connectivity index (χ2n) is 2.43. The van der Waals surface area contributed by atoms with Crippen LogP contribution in [0.5, 0.6) is 0 Å². The number of halogens is 1. The van der Waals surface area contributed by atoms with E-state index in [0.29, 0.717) is 6.42 Å². The zero-order valence-electron chi connectivity index (χ0n) is 5.15. The zero-order chi connectivity index (χ0) is 5.98. The van der Waals surface area contributed by atoms with Crippen LogP contribution in [0.4, 0.5) is 4.39 Å². The summed E-state index contributed by atoms with van der Waals surface area (Å²) >= 11 is 0. The van der Waals surface area contributed by atoms with Gasteiger partial charge in [-0.25, -0.2) is 4.39 Å². The molecule has 0 amide bonds. The molecule has 1 unspecified atom stereocenters. The third kappa shape index (κ3) is 1.32. The minimum atomic E-state index is -0.556. The first-order valence-corrected chi connectivity index (χ1v) is 3.09. The fourth-order valence-electron chi connectivity index (χ4n) is 1.05. The first-order chi connectivity index (χ1) is 3.79. The summed E-state index contributed by atoms with van der Waals surface area (Å²) in [4.78, 5) is 0. The zero-order valence-corrected chi connectivity index (χ0v) is 5.15. The van der Waals surface area contributed by atoms with Gasteiger partial charge in [0.1, 0.15) is 6.17 Å². The van der Waals surface area contributed by atoms with E-state index >= 15 is 0 Å². The highest BCUT2D eigenvalue weighted by Gasteiger charge is 2.09. The maximum absolute atomic E-state index is 12.4. The molecule has 1 heteroatoms. The summed E-state index contributed by atoms with van der Waals surface area (Å²) in [5.74, 6) is 0. The summed E-state index contributed by atoms with van der Waals surface area (Å²) in [5.41, 5.74) is 1.21. The fraction of sp³-hybridized carbons (Fsp3) is 0.714. The van der Waals surface area contributed by atoms with Crippen LogP contribution in [0.1, 0.15) is 26.2 Å². The van der Waals surface area contributed by atoms with Crippen molar-refractivity contribution in [3.8, 4) is 0 Å². The SMILES string of the molecule is CC1=CCCC(F)C1. The minimum absolute atomic E-state index is 0.556. The lowest BCUT2D eigenvalue weighted by Crippen LogP contribution is -2.04. The quantitative estimate of drug-likeness (QED) is 0.424. The Hall–Kier alpha value is -0.330. The van der Waals surface area contributed by atoms with Crippen LogP contribution in [0.15, 0.2) is 11.6 Å². The molecule has 0 nitrogen and oxygen atoms in total. The van der Waals surface area contributed by atoms with Gasteiger partial charge in [-0.15, -0.1) is 0 Å². The number of alkyl halides is 1. The van der Waals surface area contributed by atoms with Crippen molar-refractivity contribution in [2.24, 2.45) is 0 Å². The molecule has 0 bridgehead atoms. The third-order valence-corrected chi connectivity index (χ3v) is 1.52. The monoisotopic (exact) mass is 114 g/mol. The molecule has 1 atom stereocenters. The Morgan fingerprint density at radius 1 is 1.75 bits per heavy atom. The molecule has 0 N–H and O–H groups in total. The number of hydrogen-bond acceptors (Lipinski definition) is 0. The van der Waals surface area contributed by atoms with Crippen molar-refractivity contribution in [2.75, 3.05) is 0 Å². The van der Waals surface area contributed by atoms with E-state index in [-0.39, 0.29) is 0 Å². The predicted octanol–water partition coefficient (Wildman–Crippen LogP) is 2.45. The van der Waals surface area contributed by atoms with Crippen molar-refractivity contribution in [2.45, 2.75) is 32.4 Å². The summed E-state index contributed by atoms with van der Waals surface area (Å²) in [6.45, 7) is 1.99. The number of allylic oxidation sites excluding steroid dienone is 2. The first-order valence-electron chi connectivity index (χ1n) is 3.09. The highest BCUT2D eigenvalue weighted by atomic mass is 19.1. The van der Waals surface area contributed by atoms with E-state index in [1.165, 1.54) is 5.57 Å². The molecule has 0 saturated carbocycles. The molecule has 1 rings (SSSR count). The van der Waals surface area contributed by atoms with Gasteiger partial charge in [0.2, 0.25) is 0 Å². The Bertz CT molecular complexity index is 105. The normalized spacial score (nSPS) is 29.8. The summed E-state index contributed by atoms with van der Waals surface area (Å²) < 4.78 is 12.4. The largest absolute Gasteiger partial charge is 0.247 e. The Balaban J connectivity index is 2.45. The van der Waals surface area contributed by atoms with E-state index in [9.17, 15) is 4.39 Å². The molecule has 46 valence electrons. The van der Waals surface area contributed by atoms with Crippen LogP contribution >= 0.6 is 0 Å². The molecule has 0 fully saturated rings. The lowest BCUT2D eigenvalue weighted by molar-refractivity contribution is 0.305. The van der Waals surface area contributed by atoms with Crippen molar-refractivity contribution in [1.29, 1.82) is 0 Å². The van der Waals surface area contributed by atoms with Gasteiger partial charge in [0, 0.05) is 0 Å². The van der Waals surface area contributed by atoms with Crippen LogP contribution in [0.25, 0.3) is 0 Å². The highest BCUT2D eigenvalue weighted by Crippen LogP contribution is 2.19. The minimum Gasteiger partial charge on any atom is -0.247 e. The van der Waals surface area contributed by atoms with E-state index in [4.69, 9.17) is 0 Å². The maximum Gasteiger partial charge on any atom is 0.104 e. The van der Waals surface area contributed by atoms with Crippen molar-refractivity contribution in [3.05, 3.63) is 11.6 Å². The summed E-state index contributed by atoms with van der Waals surface area (Å²) in [6, 6.07) is 0. The van der Waals surface area contributed by atoms with E-state index in [1.54, 1.807) is 0 Å². The van der Waals surface area contributed by atoms with Gasteiger partial charge < -0.3 is 0 Å². The van der Waals surface area contributed by atoms with Crippen molar-refractivity contribution < 1.29 is 4.39 Å². The summed E-state index contributed by atoms with van der Waals surface area (Å²) in [6.07, 6.45) is 3.90.